The lowest BCUT2D eigenvalue weighted by atomic mass is 9.76. The summed E-state index contributed by atoms with van der Waals surface area (Å²) in [5.74, 6) is 0. The van der Waals surface area contributed by atoms with Gasteiger partial charge in [0.05, 0.1) is 39.5 Å². The number of hydrogen-bond acceptors (Lipinski definition) is 3. The standard InChI is InChI=1S/C26H18ClF6N3O2/c1-24(17-5-3-2-4-6-17)14-36(34-22(24)16-7-12-20(21(27)13-16)26(31,32)33)23(38)35(15-37)19-10-8-18(9-11-19)25(28,29)30/h2-13,15H,14H2,1H3. The van der Waals surface area contributed by atoms with E-state index in [0.29, 0.717) is 10.5 Å². The van der Waals surface area contributed by atoms with E-state index in [1.807, 2.05) is 0 Å². The first kappa shape index (κ1) is 27.2. The van der Waals surface area contributed by atoms with Crippen molar-refractivity contribution >= 4 is 35.4 Å². The largest absolute Gasteiger partial charge is 0.417 e. The average Bonchev–Trinajstić information content (AvgIpc) is 3.22. The molecule has 0 N–H and O–H groups in total. The number of alkyl halides is 6. The van der Waals surface area contributed by atoms with E-state index >= 15 is 0 Å². The fourth-order valence-corrected chi connectivity index (χ4v) is 4.49. The summed E-state index contributed by atoms with van der Waals surface area (Å²) in [7, 11) is 0. The first-order valence-electron chi connectivity index (χ1n) is 11.0. The Morgan fingerprint density at radius 3 is 2.13 bits per heavy atom. The molecule has 4 rings (SSSR count). The summed E-state index contributed by atoms with van der Waals surface area (Å²) in [5.41, 5.74) is -2.04. The predicted molar refractivity (Wildman–Crippen MR) is 129 cm³/mol. The van der Waals surface area contributed by atoms with Crippen molar-refractivity contribution in [3.8, 4) is 0 Å². The maximum atomic E-state index is 13.3. The summed E-state index contributed by atoms with van der Waals surface area (Å²) in [4.78, 5) is 25.7. The molecule has 1 atom stereocenters. The number of hydrazone groups is 1. The van der Waals surface area contributed by atoms with Crippen LogP contribution in [0.15, 0.2) is 77.9 Å². The number of amides is 3. The highest BCUT2D eigenvalue weighted by atomic mass is 35.5. The van der Waals surface area contributed by atoms with Crippen molar-refractivity contribution in [2.75, 3.05) is 11.4 Å². The normalized spacial score (nSPS) is 17.8. The van der Waals surface area contributed by atoms with Gasteiger partial charge in [-0.2, -0.15) is 31.4 Å². The zero-order chi connectivity index (χ0) is 27.9. The van der Waals surface area contributed by atoms with Gasteiger partial charge < -0.3 is 0 Å². The van der Waals surface area contributed by atoms with Crippen molar-refractivity contribution in [1.29, 1.82) is 0 Å². The quantitative estimate of drug-likeness (QED) is 0.255. The molecule has 1 aliphatic rings. The van der Waals surface area contributed by atoms with Gasteiger partial charge in [0.2, 0.25) is 6.41 Å². The summed E-state index contributed by atoms with van der Waals surface area (Å²) in [5, 5.41) is 4.74. The van der Waals surface area contributed by atoms with E-state index in [1.54, 1.807) is 37.3 Å². The first-order chi connectivity index (χ1) is 17.8. The molecule has 0 aromatic heterocycles. The van der Waals surface area contributed by atoms with Gasteiger partial charge in [-0.3, -0.25) is 4.79 Å². The minimum absolute atomic E-state index is 0.116. The number of anilines is 1. The van der Waals surface area contributed by atoms with Gasteiger partial charge in [0.25, 0.3) is 0 Å². The van der Waals surface area contributed by atoms with Gasteiger partial charge in [0.15, 0.2) is 0 Å². The molecule has 198 valence electrons. The van der Waals surface area contributed by atoms with Crippen molar-refractivity contribution in [3.63, 3.8) is 0 Å². The van der Waals surface area contributed by atoms with Crippen LogP contribution in [0.5, 0.6) is 0 Å². The van der Waals surface area contributed by atoms with Gasteiger partial charge in [0.1, 0.15) is 0 Å². The van der Waals surface area contributed by atoms with E-state index in [4.69, 9.17) is 11.6 Å². The minimum atomic E-state index is -4.68. The number of urea groups is 1. The maximum absolute atomic E-state index is 13.3. The maximum Gasteiger partial charge on any atom is 0.417 e. The molecule has 0 radical (unpaired) electrons. The second kappa shape index (κ2) is 9.79. The molecule has 3 amide bonds. The molecule has 0 bridgehead atoms. The molecular formula is C26H18ClF6N3O2. The van der Waals surface area contributed by atoms with Crippen LogP contribution in [-0.2, 0) is 22.6 Å². The zero-order valence-corrected chi connectivity index (χ0v) is 20.3. The number of nitrogens with zero attached hydrogens (tertiary/aromatic N) is 3. The molecule has 3 aromatic rings. The van der Waals surface area contributed by atoms with Crippen molar-refractivity contribution in [2.24, 2.45) is 5.10 Å². The lowest BCUT2D eigenvalue weighted by Gasteiger charge is -2.28. The zero-order valence-electron chi connectivity index (χ0n) is 19.5. The van der Waals surface area contributed by atoms with Gasteiger partial charge in [-0.15, -0.1) is 0 Å². The molecule has 0 spiro atoms. The lowest BCUT2D eigenvalue weighted by molar-refractivity contribution is -0.138. The van der Waals surface area contributed by atoms with Crippen LogP contribution in [0.3, 0.4) is 0 Å². The Morgan fingerprint density at radius 2 is 1.61 bits per heavy atom. The summed E-state index contributed by atoms with van der Waals surface area (Å²) in [6.07, 6.45) is -9.14. The number of rotatable bonds is 4. The van der Waals surface area contributed by atoms with Gasteiger partial charge in [0, 0.05) is 5.56 Å². The molecule has 12 heteroatoms. The predicted octanol–water partition coefficient (Wildman–Crippen LogP) is 7.14. The van der Waals surface area contributed by atoms with Crippen LogP contribution in [0.25, 0.3) is 0 Å². The fraction of sp³-hybridized carbons (Fsp3) is 0.192. The van der Waals surface area contributed by atoms with Gasteiger partial charge in [-0.05, 0) is 48.9 Å². The number of hydrogen-bond donors (Lipinski definition) is 0. The van der Waals surface area contributed by atoms with E-state index in [-0.39, 0.29) is 29.9 Å². The van der Waals surface area contributed by atoms with Crippen LogP contribution in [-0.4, -0.2) is 29.7 Å². The van der Waals surface area contributed by atoms with E-state index in [9.17, 15) is 35.9 Å². The van der Waals surface area contributed by atoms with E-state index < -0.39 is 39.9 Å². The third-order valence-electron chi connectivity index (χ3n) is 6.17. The average molecular weight is 554 g/mol. The molecule has 0 saturated heterocycles. The molecule has 0 aliphatic carbocycles. The monoisotopic (exact) mass is 553 g/mol. The number of halogens is 7. The minimum Gasteiger partial charge on any atom is -0.278 e. The van der Waals surface area contributed by atoms with Crippen molar-refractivity contribution in [3.05, 3.63) is 100 Å². The topological polar surface area (TPSA) is 53.0 Å². The van der Waals surface area contributed by atoms with Crippen LogP contribution in [0, 0.1) is 0 Å². The number of carbonyl (C=O) groups is 2. The molecular weight excluding hydrogens is 536 g/mol. The Balaban J connectivity index is 1.75. The molecule has 38 heavy (non-hydrogen) atoms. The van der Waals surface area contributed by atoms with Gasteiger partial charge in [-0.1, -0.05) is 48.0 Å². The molecule has 1 unspecified atom stereocenters. The smallest absolute Gasteiger partial charge is 0.278 e. The lowest BCUT2D eigenvalue weighted by Crippen LogP contribution is -2.43. The Kier molecular flexibility index (Phi) is 7.00. The highest BCUT2D eigenvalue weighted by Gasteiger charge is 2.44. The molecule has 0 saturated carbocycles. The number of carbonyl (C=O) groups excluding carboxylic acids is 2. The van der Waals surface area contributed by atoms with Crippen LogP contribution < -0.4 is 4.90 Å². The Hall–Kier alpha value is -3.86. The van der Waals surface area contributed by atoms with E-state index in [0.717, 1.165) is 41.4 Å². The summed E-state index contributed by atoms with van der Waals surface area (Å²) >= 11 is 5.94. The van der Waals surface area contributed by atoms with E-state index in [2.05, 4.69) is 5.10 Å². The SMILES string of the molecule is CC1(c2ccccc2)CN(C(=O)N(C=O)c2ccc(C(F)(F)F)cc2)N=C1c1ccc(C(F)(F)F)c(Cl)c1. The molecule has 5 nitrogen and oxygen atoms in total. The van der Waals surface area contributed by atoms with Crippen molar-refractivity contribution in [2.45, 2.75) is 24.7 Å². The third kappa shape index (κ3) is 5.10. The summed E-state index contributed by atoms with van der Waals surface area (Å²) < 4.78 is 78.5. The second-order valence-electron chi connectivity index (χ2n) is 8.70. The number of imide groups is 1. The third-order valence-corrected chi connectivity index (χ3v) is 6.49. The highest BCUT2D eigenvalue weighted by molar-refractivity contribution is 6.32. The summed E-state index contributed by atoms with van der Waals surface area (Å²) in [6, 6.07) is 14.3. The molecule has 1 aliphatic heterocycles. The second-order valence-corrected chi connectivity index (χ2v) is 9.11. The Morgan fingerprint density at radius 1 is 0.974 bits per heavy atom. The summed E-state index contributed by atoms with van der Waals surface area (Å²) in [6.45, 7) is 1.61. The molecule has 1 heterocycles. The number of benzene rings is 3. The Bertz CT molecular complexity index is 1390. The van der Waals surface area contributed by atoms with Crippen molar-refractivity contribution < 1.29 is 35.9 Å². The Labute approximate surface area is 217 Å². The van der Waals surface area contributed by atoms with Crippen molar-refractivity contribution in [1.82, 2.24) is 5.01 Å². The van der Waals surface area contributed by atoms with Crippen LogP contribution in [0.2, 0.25) is 5.02 Å². The van der Waals surface area contributed by atoms with Crippen LogP contribution in [0.4, 0.5) is 36.8 Å². The van der Waals surface area contributed by atoms with Crippen LogP contribution >= 0.6 is 11.6 Å². The molecule has 0 fully saturated rings. The molecule has 3 aromatic carbocycles. The van der Waals surface area contributed by atoms with Gasteiger partial charge in [-0.25, -0.2) is 14.7 Å². The van der Waals surface area contributed by atoms with Crippen LogP contribution in [0.1, 0.15) is 29.2 Å². The fourth-order valence-electron chi connectivity index (χ4n) is 4.21. The highest BCUT2D eigenvalue weighted by Crippen LogP contribution is 2.39. The van der Waals surface area contributed by atoms with E-state index in [1.165, 1.54) is 6.07 Å². The van der Waals surface area contributed by atoms with Gasteiger partial charge >= 0.3 is 18.4 Å². The first-order valence-corrected chi connectivity index (χ1v) is 11.4.